The van der Waals surface area contributed by atoms with Gasteiger partial charge in [0.1, 0.15) is 0 Å². The minimum absolute atomic E-state index is 0.0314. The molecule has 0 bridgehead atoms. The van der Waals surface area contributed by atoms with E-state index in [1.807, 2.05) is 29.9 Å². The first-order valence-electron chi connectivity index (χ1n) is 8.29. The van der Waals surface area contributed by atoms with Crippen molar-refractivity contribution in [2.45, 2.75) is 12.0 Å². The van der Waals surface area contributed by atoms with Gasteiger partial charge in [0.2, 0.25) is 0 Å². The normalized spacial score (nSPS) is 21.4. The second-order valence-electron chi connectivity index (χ2n) is 6.24. The maximum absolute atomic E-state index is 12.5. The molecule has 0 saturated heterocycles. The number of carbonyl (C=O) groups is 1. The Labute approximate surface area is 166 Å². The Bertz CT molecular complexity index is 1000. The van der Waals surface area contributed by atoms with Gasteiger partial charge in [-0.2, -0.15) is 0 Å². The van der Waals surface area contributed by atoms with Crippen LogP contribution in [0.3, 0.4) is 0 Å². The molecule has 2 N–H and O–H groups in total. The van der Waals surface area contributed by atoms with Gasteiger partial charge in [0.15, 0.2) is 0 Å². The van der Waals surface area contributed by atoms with Gasteiger partial charge in [0.05, 0.1) is 0 Å². The number of benzene rings is 2. The molecule has 2 atom stereocenters. The molecule has 6 heteroatoms. The summed E-state index contributed by atoms with van der Waals surface area (Å²) < 4.78 is 5.37. The molecule has 0 spiro atoms. The van der Waals surface area contributed by atoms with Gasteiger partial charge >= 0.3 is 166 Å². The van der Waals surface area contributed by atoms with Gasteiger partial charge in [-0.3, -0.25) is 0 Å². The first kappa shape index (κ1) is 16.0. The van der Waals surface area contributed by atoms with E-state index in [2.05, 4.69) is 48.2 Å². The fraction of sp³-hybridized carbons (Fsp3) is 0.100. The Balaban J connectivity index is 1.76. The number of amides is 1. The van der Waals surface area contributed by atoms with Crippen LogP contribution in [0, 0.1) is 0 Å². The number of nitrogens with one attached hydrogen (secondary N) is 2. The van der Waals surface area contributed by atoms with Crippen LogP contribution in [0.15, 0.2) is 64.3 Å². The van der Waals surface area contributed by atoms with E-state index in [1.54, 1.807) is 11.3 Å². The molecule has 0 fully saturated rings. The van der Waals surface area contributed by atoms with Crippen molar-refractivity contribution in [3.8, 4) is 0 Å². The van der Waals surface area contributed by atoms with Gasteiger partial charge in [-0.05, 0) is 0 Å². The Morgan fingerprint density at radius 2 is 1.96 bits per heavy atom. The first-order chi connectivity index (χ1) is 12.8. The summed E-state index contributed by atoms with van der Waals surface area (Å²) in [6, 6.07) is 16.6. The molecular formula is C20H15IN3OS-. The molecule has 3 heterocycles. The van der Waals surface area contributed by atoms with E-state index < -0.39 is 21.5 Å². The van der Waals surface area contributed by atoms with Gasteiger partial charge < -0.3 is 0 Å². The molecule has 2 aliphatic heterocycles. The second-order valence-corrected chi connectivity index (χ2v) is 8.94. The summed E-state index contributed by atoms with van der Waals surface area (Å²) in [5, 5.41) is 3.71. The molecule has 26 heavy (non-hydrogen) atoms. The van der Waals surface area contributed by atoms with Gasteiger partial charge in [-0.1, -0.05) is 0 Å². The molecule has 0 saturated carbocycles. The van der Waals surface area contributed by atoms with E-state index >= 15 is 0 Å². The van der Waals surface area contributed by atoms with E-state index in [4.69, 9.17) is 0 Å². The van der Waals surface area contributed by atoms with Crippen molar-refractivity contribution in [2.24, 2.45) is 0 Å². The number of hydrogen-bond donors (Lipinski definition) is 2. The van der Waals surface area contributed by atoms with Gasteiger partial charge in [-0.15, -0.1) is 0 Å². The third-order valence-electron chi connectivity index (χ3n) is 4.81. The molecule has 130 valence electrons. The zero-order valence-corrected chi connectivity index (χ0v) is 16.6. The first-order valence-corrected chi connectivity index (χ1v) is 11.5. The molecule has 0 aliphatic carbocycles. The number of nitrogens with zero attached hydrogens (tertiary/aromatic N) is 1. The van der Waals surface area contributed by atoms with Gasteiger partial charge in [0, 0.05) is 0 Å². The van der Waals surface area contributed by atoms with Crippen LogP contribution in [0.25, 0.3) is 5.57 Å². The summed E-state index contributed by atoms with van der Waals surface area (Å²) in [4.78, 5) is 18.1. The van der Waals surface area contributed by atoms with E-state index in [0.29, 0.717) is 0 Å². The van der Waals surface area contributed by atoms with E-state index in [9.17, 15) is 4.79 Å². The third-order valence-corrected chi connectivity index (χ3v) is 7.45. The summed E-state index contributed by atoms with van der Waals surface area (Å²) in [5.41, 5.74) is 7.22. The number of thiazole rings is 1. The molecule has 2 aromatic carbocycles. The summed E-state index contributed by atoms with van der Waals surface area (Å²) >= 11 is 1.15. The topological polar surface area (TPSA) is 54.0 Å². The Hall–Kier alpha value is -2.19. The summed E-state index contributed by atoms with van der Waals surface area (Å²) in [7, 11) is 0. The zero-order chi connectivity index (χ0) is 17.5. The van der Waals surface area contributed by atoms with Crippen LogP contribution in [0.5, 0.6) is 0 Å². The molecule has 1 amide bonds. The molecule has 4 nitrogen and oxygen atoms in total. The van der Waals surface area contributed by atoms with Crippen molar-refractivity contribution in [2.75, 3.05) is 5.32 Å². The summed E-state index contributed by atoms with van der Waals surface area (Å²) in [6.45, 7) is 0. The Kier molecular flexibility index (Phi) is 4.01. The quantitative estimate of drug-likeness (QED) is 0.435. The van der Waals surface area contributed by atoms with Crippen LogP contribution in [-0.2, 0) is 0 Å². The SMILES string of the molecule is O=C1N[I-]C=C2c3c(cccc31)NC(c1ccccc1)[C@@H]2c1cncs1. The number of aromatic nitrogens is 1. The summed E-state index contributed by atoms with van der Waals surface area (Å²) in [6.07, 6.45) is 1.96. The number of anilines is 1. The number of carbonyl (C=O) groups excluding carboxylic acids is 1. The van der Waals surface area contributed by atoms with Crippen molar-refractivity contribution in [1.82, 2.24) is 8.51 Å². The van der Waals surface area contributed by atoms with Crippen LogP contribution in [0.1, 0.15) is 38.3 Å². The van der Waals surface area contributed by atoms with Crippen LogP contribution >= 0.6 is 11.3 Å². The molecule has 3 aromatic rings. The number of hydrogen-bond acceptors (Lipinski definition) is 4. The average Bonchev–Trinajstić information content (AvgIpc) is 3.16. The minimum atomic E-state index is -0.526. The molecule has 1 aromatic heterocycles. The van der Waals surface area contributed by atoms with Crippen LogP contribution in [0.4, 0.5) is 5.69 Å². The molecular weight excluding hydrogens is 457 g/mol. The number of rotatable bonds is 2. The molecule has 1 unspecified atom stereocenters. The maximum atomic E-state index is 12.5. The standard InChI is InChI=1S/C20H15IN3OS/c25-20-13-7-4-8-15-17(13)14(9-21-24-20)18(16-10-22-11-26-16)19(23-15)12-5-2-1-3-6-12/h1-11,18-19,23H,(H,24,25)/q-1/t18-,19?/m0/s1. The van der Waals surface area contributed by atoms with Crippen molar-refractivity contribution in [3.05, 3.63) is 85.9 Å². The second kappa shape index (κ2) is 6.51. The van der Waals surface area contributed by atoms with Crippen molar-refractivity contribution >= 4 is 28.5 Å². The van der Waals surface area contributed by atoms with Crippen molar-refractivity contribution < 1.29 is 26.3 Å². The van der Waals surface area contributed by atoms with Gasteiger partial charge in [0.25, 0.3) is 0 Å². The fourth-order valence-electron chi connectivity index (χ4n) is 3.70. The molecule has 5 rings (SSSR count). The Morgan fingerprint density at radius 1 is 1.08 bits per heavy atom. The van der Waals surface area contributed by atoms with E-state index in [0.717, 1.165) is 16.8 Å². The van der Waals surface area contributed by atoms with Crippen molar-refractivity contribution in [1.29, 1.82) is 0 Å². The zero-order valence-electron chi connectivity index (χ0n) is 13.6. The predicted molar refractivity (Wildman–Crippen MR) is 99.5 cm³/mol. The van der Waals surface area contributed by atoms with E-state index in [1.165, 1.54) is 16.0 Å². The predicted octanol–water partition coefficient (Wildman–Crippen LogP) is 1.18. The molecule has 0 radical (unpaired) electrons. The average molecular weight is 472 g/mol. The van der Waals surface area contributed by atoms with E-state index in [-0.39, 0.29) is 17.9 Å². The number of halogens is 1. The molecule has 2 aliphatic rings. The third kappa shape index (κ3) is 2.55. The van der Waals surface area contributed by atoms with Crippen LogP contribution in [-0.4, -0.2) is 10.9 Å². The Morgan fingerprint density at radius 3 is 2.77 bits per heavy atom. The monoisotopic (exact) mass is 472 g/mol. The summed E-state index contributed by atoms with van der Waals surface area (Å²) in [5.74, 6) is 0.176. The van der Waals surface area contributed by atoms with Crippen molar-refractivity contribution in [3.63, 3.8) is 0 Å². The van der Waals surface area contributed by atoms with Crippen LogP contribution < -0.4 is 30.3 Å². The fourth-order valence-corrected chi connectivity index (χ4v) is 6.24. The van der Waals surface area contributed by atoms with Gasteiger partial charge in [-0.25, -0.2) is 0 Å². The van der Waals surface area contributed by atoms with Crippen LogP contribution in [0.2, 0.25) is 0 Å².